The molecule has 27 heavy (non-hydrogen) atoms. The first-order valence-electron chi connectivity index (χ1n) is 10.8. The predicted molar refractivity (Wildman–Crippen MR) is 112 cm³/mol. The molecule has 1 nitrogen and oxygen atoms in total. The lowest BCUT2D eigenvalue weighted by Crippen LogP contribution is -2.12. The van der Waals surface area contributed by atoms with Crippen LogP contribution in [0.1, 0.15) is 83.6 Å². The highest BCUT2D eigenvalue weighted by Crippen LogP contribution is 2.32. The van der Waals surface area contributed by atoms with Crippen molar-refractivity contribution in [3.05, 3.63) is 41.7 Å². The van der Waals surface area contributed by atoms with Crippen LogP contribution in [0.25, 0.3) is 0 Å². The summed E-state index contributed by atoms with van der Waals surface area (Å²) >= 11 is 0. The largest absolute Gasteiger partial charge is 0.493 e. The average molecular weight is 371 g/mol. The fourth-order valence-corrected chi connectivity index (χ4v) is 3.69. The summed E-state index contributed by atoms with van der Waals surface area (Å²) in [7, 11) is 0. The quantitative estimate of drug-likeness (QED) is 0.327. The fourth-order valence-electron chi connectivity index (χ4n) is 3.69. The number of unbranched alkanes of at least 4 members (excludes halogenated alkanes) is 3. The van der Waals surface area contributed by atoms with Crippen molar-refractivity contribution in [3.8, 4) is 17.6 Å². The van der Waals surface area contributed by atoms with E-state index in [1.54, 1.807) is 12.1 Å². The number of halogens is 1. The van der Waals surface area contributed by atoms with E-state index in [4.69, 9.17) is 4.74 Å². The lowest BCUT2D eigenvalue weighted by atomic mass is 9.80. The second-order valence-corrected chi connectivity index (χ2v) is 7.75. The van der Waals surface area contributed by atoms with Gasteiger partial charge in [-0.05, 0) is 62.1 Å². The van der Waals surface area contributed by atoms with Gasteiger partial charge in [0.2, 0.25) is 0 Å². The zero-order valence-corrected chi connectivity index (χ0v) is 17.1. The van der Waals surface area contributed by atoms with Crippen LogP contribution >= 0.6 is 0 Å². The maximum atomic E-state index is 14.1. The summed E-state index contributed by atoms with van der Waals surface area (Å²) in [5.41, 5.74) is 0.434. The third kappa shape index (κ3) is 8.21. The molecular formula is C25H35FO. The van der Waals surface area contributed by atoms with Crippen LogP contribution in [-0.2, 0) is 0 Å². The topological polar surface area (TPSA) is 9.23 Å². The van der Waals surface area contributed by atoms with Gasteiger partial charge in [-0.1, -0.05) is 63.9 Å². The lowest BCUT2D eigenvalue weighted by molar-refractivity contribution is 0.291. The van der Waals surface area contributed by atoms with Crippen LogP contribution in [0.4, 0.5) is 4.39 Å². The zero-order chi connectivity index (χ0) is 19.3. The fraction of sp³-hybridized carbons (Fsp3) is 0.600. The van der Waals surface area contributed by atoms with Gasteiger partial charge in [0.25, 0.3) is 0 Å². The van der Waals surface area contributed by atoms with Crippen LogP contribution in [0.2, 0.25) is 0 Å². The smallest absolute Gasteiger partial charge is 0.142 e. The highest BCUT2D eigenvalue weighted by molar-refractivity contribution is 5.41. The van der Waals surface area contributed by atoms with Crippen LogP contribution in [-0.4, -0.2) is 6.61 Å². The first-order valence-corrected chi connectivity index (χ1v) is 10.8. The molecule has 0 aromatic heterocycles. The molecule has 2 heteroatoms. The van der Waals surface area contributed by atoms with Crippen LogP contribution in [0.5, 0.6) is 5.75 Å². The summed E-state index contributed by atoms with van der Waals surface area (Å²) in [6.07, 6.45) is 16.7. The van der Waals surface area contributed by atoms with Crippen molar-refractivity contribution in [2.24, 2.45) is 11.8 Å². The predicted octanol–water partition coefficient (Wildman–Crippen LogP) is 7.30. The van der Waals surface area contributed by atoms with Crippen molar-refractivity contribution in [1.29, 1.82) is 0 Å². The van der Waals surface area contributed by atoms with E-state index >= 15 is 0 Å². The van der Waals surface area contributed by atoms with Gasteiger partial charge in [-0.2, -0.15) is 0 Å². The van der Waals surface area contributed by atoms with Gasteiger partial charge in [-0.15, -0.1) is 0 Å². The molecule has 2 rings (SSSR count). The van der Waals surface area contributed by atoms with Crippen molar-refractivity contribution >= 4 is 0 Å². The Morgan fingerprint density at radius 2 is 1.85 bits per heavy atom. The number of rotatable bonds is 9. The van der Waals surface area contributed by atoms with Crippen molar-refractivity contribution in [1.82, 2.24) is 0 Å². The van der Waals surface area contributed by atoms with Gasteiger partial charge in [0, 0.05) is 6.07 Å². The molecule has 1 fully saturated rings. The monoisotopic (exact) mass is 370 g/mol. The Kier molecular flexibility index (Phi) is 10.1. The molecule has 1 aliphatic rings. The van der Waals surface area contributed by atoms with Crippen molar-refractivity contribution in [3.63, 3.8) is 0 Å². The number of hydrogen-bond donors (Lipinski definition) is 0. The average Bonchev–Trinajstić information content (AvgIpc) is 2.69. The van der Waals surface area contributed by atoms with E-state index in [1.165, 1.54) is 51.0 Å². The summed E-state index contributed by atoms with van der Waals surface area (Å²) < 4.78 is 19.7. The Hall–Kier alpha value is -1.75. The van der Waals surface area contributed by atoms with Crippen molar-refractivity contribution in [2.75, 3.05) is 6.61 Å². The first kappa shape index (κ1) is 21.5. The minimum atomic E-state index is -0.305. The molecule has 1 aromatic rings. The Bertz CT molecular complexity index is 629. The van der Waals surface area contributed by atoms with Gasteiger partial charge in [0.15, 0.2) is 0 Å². The third-order valence-corrected chi connectivity index (χ3v) is 5.47. The van der Waals surface area contributed by atoms with Crippen LogP contribution < -0.4 is 4.74 Å². The summed E-state index contributed by atoms with van der Waals surface area (Å²) in [6, 6.07) is 4.96. The summed E-state index contributed by atoms with van der Waals surface area (Å²) in [4.78, 5) is 0. The molecule has 0 amide bonds. The van der Waals surface area contributed by atoms with E-state index in [2.05, 4.69) is 31.8 Å². The van der Waals surface area contributed by atoms with Gasteiger partial charge in [-0.25, -0.2) is 4.39 Å². The molecule has 1 aromatic carbocycles. The molecule has 0 heterocycles. The molecule has 1 saturated carbocycles. The van der Waals surface area contributed by atoms with E-state index in [0.29, 0.717) is 23.8 Å². The number of hydrogen-bond acceptors (Lipinski definition) is 1. The number of allylic oxidation sites excluding steroid dienone is 2. The molecule has 0 N–H and O–H groups in total. The highest BCUT2D eigenvalue weighted by atomic mass is 19.1. The molecule has 0 bridgehead atoms. The molecular weight excluding hydrogens is 335 g/mol. The molecule has 0 spiro atoms. The maximum absolute atomic E-state index is 14.1. The summed E-state index contributed by atoms with van der Waals surface area (Å²) in [5, 5.41) is 0. The highest BCUT2D eigenvalue weighted by Gasteiger charge is 2.18. The SMILES string of the molecule is CCCCCOc1ccc(C#CC=C[C@H]2CC[C@H](CCCC)CC2)c(F)c1. The van der Waals surface area contributed by atoms with E-state index in [-0.39, 0.29) is 5.82 Å². The maximum Gasteiger partial charge on any atom is 0.142 e. The molecule has 0 radical (unpaired) electrons. The van der Waals surface area contributed by atoms with E-state index < -0.39 is 0 Å². The summed E-state index contributed by atoms with van der Waals surface area (Å²) in [5.74, 6) is 7.78. The van der Waals surface area contributed by atoms with Gasteiger partial charge in [-0.3, -0.25) is 0 Å². The lowest BCUT2D eigenvalue weighted by Gasteiger charge is -2.26. The minimum Gasteiger partial charge on any atom is -0.493 e. The molecule has 0 saturated heterocycles. The van der Waals surface area contributed by atoms with E-state index in [1.807, 2.05) is 6.08 Å². The third-order valence-electron chi connectivity index (χ3n) is 5.47. The van der Waals surface area contributed by atoms with Crippen LogP contribution in [0.15, 0.2) is 30.4 Å². The van der Waals surface area contributed by atoms with Gasteiger partial charge in [0.1, 0.15) is 11.6 Å². The van der Waals surface area contributed by atoms with Gasteiger partial charge >= 0.3 is 0 Å². The number of benzene rings is 1. The Balaban J connectivity index is 1.77. The Morgan fingerprint density at radius 3 is 2.56 bits per heavy atom. The molecule has 1 aliphatic carbocycles. The van der Waals surface area contributed by atoms with Crippen LogP contribution in [0, 0.1) is 29.5 Å². The zero-order valence-electron chi connectivity index (χ0n) is 17.1. The van der Waals surface area contributed by atoms with Gasteiger partial charge < -0.3 is 4.74 Å². The second kappa shape index (κ2) is 12.6. The normalized spacial score (nSPS) is 19.7. The number of ether oxygens (including phenoxy) is 1. The molecule has 0 unspecified atom stereocenters. The second-order valence-electron chi connectivity index (χ2n) is 7.75. The standard InChI is InChI=1S/C25H35FO/c1-3-5-9-19-27-24-18-17-23(25(26)20-24)12-8-7-11-22-15-13-21(14-16-22)10-6-4-2/h7,11,17-18,20-22H,3-6,9-10,13-16,19H2,1-2H3/t21-,22-. The molecule has 0 aliphatic heterocycles. The van der Waals surface area contributed by atoms with Gasteiger partial charge in [0.05, 0.1) is 12.2 Å². The van der Waals surface area contributed by atoms with Crippen LogP contribution in [0.3, 0.4) is 0 Å². The molecule has 0 atom stereocenters. The first-order chi connectivity index (χ1) is 13.2. The Labute approximate surface area is 165 Å². The molecule has 148 valence electrons. The minimum absolute atomic E-state index is 0.305. The van der Waals surface area contributed by atoms with E-state index in [9.17, 15) is 4.39 Å². The van der Waals surface area contributed by atoms with Crippen molar-refractivity contribution < 1.29 is 9.13 Å². The van der Waals surface area contributed by atoms with E-state index in [0.717, 1.165) is 25.2 Å². The van der Waals surface area contributed by atoms with Crippen molar-refractivity contribution in [2.45, 2.75) is 78.1 Å². The Morgan fingerprint density at radius 1 is 1.07 bits per heavy atom. The summed E-state index contributed by atoms with van der Waals surface area (Å²) in [6.45, 7) is 5.06.